The van der Waals surface area contributed by atoms with Crippen LogP contribution in [0.4, 0.5) is 0 Å². The first-order chi connectivity index (χ1) is 15.5. The molecule has 0 radical (unpaired) electrons. The first kappa shape index (κ1) is 25.3. The molecule has 1 aromatic heterocycles. The normalized spacial score (nSPS) is 22.2. The van der Waals surface area contributed by atoms with Gasteiger partial charge < -0.3 is 15.3 Å². The molecule has 3 N–H and O–H groups in total. The van der Waals surface area contributed by atoms with Gasteiger partial charge in [0.2, 0.25) is 0 Å². The predicted molar refractivity (Wildman–Crippen MR) is 135 cm³/mol. The monoisotopic (exact) mass is 494 g/mol. The average Bonchev–Trinajstić information content (AvgIpc) is 3.33. The van der Waals surface area contributed by atoms with Crippen LogP contribution in [0.25, 0.3) is 10.1 Å². The molecule has 0 aliphatic heterocycles. The molecule has 3 rings (SSSR count). The van der Waals surface area contributed by atoms with E-state index in [4.69, 9.17) is 5.11 Å². The Balaban J connectivity index is 1.49. The number of thioether (sulfide) groups is 2. The second-order valence-electron chi connectivity index (χ2n) is 8.02. The van der Waals surface area contributed by atoms with Crippen LogP contribution in [0.15, 0.2) is 42.5 Å². The number of carboxylic acids is 1. The van der Waals surface area contributed by atoms with Crippen molar-refractivity contribution in [3.8, 4) is 0 Å². The van der Waals surface area contributed by atoms with E-state index in [0.29, 0.717) is 12.8 Å². The molecule has 1 aromatic carbocycles. The molecule has 0 bridgehead atoms. The van der Waals surface area contributed by atoms with Gasteiger partial charge in [0.25, 0.3) is 0 Å². The third kappa shape index (κ3) is 7.35. The number of carbonyl (C=O) groups excluding carboxylic acids is 1. The third-order valence-corrected chi connectivity index (χ3v) is 9.25. The van der Waals surface area contributed by atoms with Crippen LogP contribution in [-0.2, 0) is 16.0 Å². The lowest BCUT2D eigenvalue weighted by Crippen LogP contribution is -2.21. The summed E-state index contributed by atoms with van der Waals surface area (Å²) in [6, 6.07) is 10.4. The van der Waals surface area contributed by atoms with Crippen LogP contribution in [0.5, 0.6) is 0 Å². The molecule has 174 valence electrons. The maximum atomic E-state index is 12.5. The number of thiophene rings is 1. The van der Waals surface area contributed by atoms with Crippen LogP contribution >= 0.6 is 34.9 Å². The summed E-state index contributed by atoms with van der Waals surface area (Å²) in [6.07, 6.45) is 5.75. The fraction of sp³-hybridized carbons (Fsp3) is 0.500. The number of hydrogen-bond acceptors (Lipinski definition) is 7. The SMILES string of the molecule is O=C(O)CSCCCS[C@H]1C(=O)CC(CO)C1/C=C/[C@H](O)CCc1cc2ccccc2s1. The summed E-state index contributed by atoms with van der Waals surface area (Å²) in [5.41, 5.74) is 0. The van der Waals surface area contributed by atoms with Crippen molar-refractivity contribution in [3.05, 3.63) is 47.4 Å². The summed E-state index contributed by atoms with van der Waals surface area (Å²) < 4.78 is 1.25. The van der Waals surface area contributed by atoms with Gasteiger partial charge >= 0.3 is 5.97 Å². The quantitative estimate of drug-likeness (QED) is 0.283. The minimum atomic E-state index is -0.810. The van der Waals surface area contributed by atoms with Crippen LogP contribution in [0.3, 0.4) is 0 Å². The van der Waals surface area contributed by atoms with Crippen molar-refractivity contribution in [2.45, 2.75) is 37.0 Å². The summed E-state index contributed by atoms with van der Waals surface area (Å²) in [7, 11) is 0. The number of aliphatic hydroxyl groups excluding tert-OH is 2. The van der Waals surface area contributed by atoms with Crippen molar-refractivity contribution in [2.24, 2.45) is 11.8 Å². The number of benzene rings is 1. The molecule has 0 saturated heterocycles. The number of Topliss-reactive ketones (excluding diaryl/α,β-unsaturated/α-hetero) is 1. The van der Waals surface area contributed by atoms with E-state index in [9.17, 15) is 19.8 Å². The number of hydrogen-bond donors (Lipinski definition) is 3. The van der Waals surface area contributed by atoms with Crippen LogP contribution in [-0.4, -0.2) is 62.3 Å². The summed E-state index contributed by atoms with van der Waals surface area (Å²) in [5, 5.41) is 29.9. The molecular formula is C24H30O5S3. The van der Waals surface area contributed by atoms with E-state index in [1.54, 1.807) is 29.2 Å². The van der Waals surface area contributed by atoms with Crippen LogP contribution in [0.2, 0.25) is 0 Å². The topological polar surface area (TPSA) is 94.8 Å². The molecule has 5 nitrogen and oxygen atoms in total. The molecule has 1 aliphatic carbocycles. The smallest absolute Gasteiger partial charge is 0.313 e. The number of allylic oxidation sites excluding steroid dienone is 1. The van der Waals surface area contributed by atoms with Crippen molar-refractivity contribution >= 4 is 56.7 Å². The zero-order valence-electron chi connectivity index (χ0n) is 17.9. The van der Waals surface area contributed by atoms with Gasteiger partial charge in [-0.3, -0.25) is 9.59 Å². The fourth-order valence-electron chi connectivity index (χ4n) is 3.95. The van der Waals surface area contributed by atoms with Gasteiger partial charge in [0.1, 0.15) is 5.78 Å². The number of aliphatic hydroxyl groups is 2. The first-order valence-electron chi connectivity index (χ1n) is 10.9. The lowest BCUT2D eigenvalue weighted by Gasteiger charge is -2.19. The highest BCUT2D eigenvalue weighted by Crippen LogP contribution is 2.38. The van der Waals surface area contributed by atoms with Crippen LogP contribution in [0.1, 0.15) is 24.1 Å². The highest BCUT2D eigenvalue weighted by Gasteiger charge is 2.40. The fourth-order valence-corrected chi connectivity index (χ4v) is 7.27. The lowest BCUT2D eigenvalue weighted by atomic mass is 9.95. The largest absolute Gasteiger partial charge is 0.481 e. The molecule has 2 unspecified atom stereocenters. The van der Waals surface area contributed by atoms with Gasteiger partial charge in [-0.2, -0.15) is 11.8 Å². The minimum Gasteiger partial charge on any atom is -0.481 e. The van der Waals surface area contributed by atoms with Gasteiger partial charge in [-0.05, 0) is 54.2 Å². The lowest BCUT2D eigenvalue weighted by molar-refractivity contribution is -0.133. The van der Waals surface area contributed by atoms with Crippen molar-refractivity contribution in [1.82, 2.24) is 0 Å². The number of fused-ring (bicyclic) bond motifs is 1. The second-order valence-corrected chi connectivity index (χ2v) is 11.5. The Morgan fingerprint density at radius 1 is 1.28 bits per heavy atom. The summed E-state index contributed by atoms with van der Waals surface area (Å²) in [4.78, 5) is 24.3. The van der Waals surface area contributed by atoms with Gasteiger partial charge in [-0.15, -0.1) is 23.1 Å². The van der Waals surface area contributed by atoms with Crippen molar-refractivity contribution in [2.75, 3.05) is 23.9 Å². The molecule has 1 heterocycles. The Bertz CT molecular complexity index is 892. The number of carboxylic acid groups (broad SMARTS) is 1. The molecule has 8 heteroatoms. The molecule has 2 aromatic rings. The Labute approximate surface area is 201 Å². The summed E-state index contributed by atoms with van der Waals surface area (Å²) >= 11 is 4.73. The van der Waals surface area contributed by atoms with Gasteiger partial charge in [0.15, 0.2) is 0 Å². The Morgan fingerprint density at radius 3 is 2.84 bits per heavy atom. The molecule has 1 saturated carbocycles. The maximum Gasteiger partial charge on any atom is 0.313 e. The molecule has 32 heavy (non-hydrogen) atoms. The predicted octanol–water partition coefficient (Wildman–Crippen LogP) is 4.26. The number of ketones is 1. The third-order valence-electron chi connectivity index (χ3n) is 5.58. The molecule has 1 fully saturated rings. The summed E-state index contributed by atoms with van der Waals surface area (Å²) in [5.74, 6) is 0.790. The van der Waals surface area contributed by atoms with E-state index in [2.05, 4.69) is 18.2 Å². The first-order valence-corrected chi connectivity index (χ1v) is 13.9. The zero-order chi connectivity index (χ0) is 22.9. The maximum absolute atomic E-state index is 12.5. The van der Waals surface area contributed by atoms with Gasteiger partial charge in [0.05, 0.1) is 17.1 Å². The van der Waals surface area contributed by atoms with E-state index in [0.717, 1.165) is 24.3 Å². The van der Waals surface area contributed by atoms with E-state index in [1.165, 1.54) is 26.7 Å². The molecule has 4 atom stereocenters. The molecule has 1 aliphatic rings. The number of aryl methyl sites for hydroxylation is 1. The minimum absolute atomic E-state index is 0.0375. The zero-order valence-corrected chi connectivity index (χ0v) is 20.3. The Hall–Kier alpha value is -1.32. The van der Waals surface area contributed by atoms with Crippen molar-refractivity contribution in [3.63, 3.8) is 0 Å². The van der Waals surface area contributed by atoms with E-state index < -0.39 is 12.1 Å². The highest BCUT2D eigenvalue weighted by molar-refractivity contribution is 8.01. The molecular weight excluding hydrogens is 464 g/mol. The number of rotatable bonds is 13. The van der Waals surface area contributed by atoms with E-state index in [1.807, 2.05) is 18.2 Å². The van der Waals surface area contributed by atoms with E-state index in [-0.39, 0.29) is 35.2 Å². The standard InChI is InChI=1S/C24H30O5S3/c25-14-17-13-21(27)24(31-11-3-10-30-15-23(28)29)20(17)9-7-18(26)6-8-19-12-16-4-1-2-5-22(16)32-19/h1-2,4-5,7,9,12,17-18,20,24-26H,3,6,8,10-11,13-15H2,(H,28,29)/b9-7+/t17?,18-,20?,24-/m1/s1. The second kappa shape index (κ2) is 12.8. The molecule has 0 amide bonds. The van der Waals surface area contributed by atoms with Gasteiger partial charge in [-0.25, -0.2) is 0 Å². The van der Waals surface area contributed by atoms with E-state index >= 15 is 0 Å². The molecule has 0 spiro atoms. The van der Waals surface area contributed by atoms with Gasteiger partial charge in [0, 0.05) is 28.5 Å². The van der Waals surface area contributed by atoms with Crippen molar-refractivity contribution in [1.29, 1.82) is 0 Å². The Kier molecular flexibility index (Phi) is 10.1. The van der Waals surface area contributed by atoms with Crippen molar-refractivity contribution < 1.29 is 24.9 Å². The Morgan fingerprint density at radius 2 is 2.09 bits per heavy atom. The van der Waals surface area contributed by atoms with Crippen LogP contribution in [0, 0.1) is 11.8 Å². The number of carbonyl (C=O) groups is 2. The average molecular weight is 495 g/mol. The van der Waals surface area contributed by atoms with Crippen LogP contribution < -0.4 is 0 Å². The number of aliphatic carboxylic acids is 1. The highest BCUT2D eigenvalue weighted by atomic mass is 32.2. The van der Waals surface area contributed by atoms with Gasteiger partial charge in [-0.1, -0.05) is 30.4 Å². The summed E-state index contributed by atoms with van der Waals surface area (Å²) in [6.45, 7) is -0.0375.